The van der Waals surface area contributed by atoms with Crippen LogP contribution in [0.5, 0.6) is 0 Å². The SMILES string of the molecule is Cc1cnc(NC2CCC3(CCC(=O)N3CC3CC3)CC2)nc1. The highest BCUT2D eigenvalue weighted by Gasteiger charge is 2.48. The number of hydrogen-bond donors (Lipinski definition) is 1. The number of nitrogens with zero attached hydrogens (tertiary/aromatic N) is 3. The molecule has 1 amide bonds. The molecule has 0 radical (unpaired) electrons. The molecule has 4 rings (SSSR count). The maximum absolute atomic E-state index is 12.3. The normalized spacial score (nSPS) is 30.9. The van der Waals surface area contributed by atoms with Crippen molar-refractivity contribution in [3.63, 3.8) is 0 Å². The molecule has 0 atom stereocenters. The van der Waals surface area contributed by atoms with Crippen molar-refractivity contribution >= 4 is 11.9 Å². The lowest BCUT2D eigenvalue weighted by Crippen LogP contribution is -2.50. The number of nitrogens with one attached hydrogen (secondary N) is 1. The van der Waals surface area contributed by atoms with Crippen LogP contribution in [0.25, 0.3) is 0 Å². The lowest BCUT2D eigenvalue weighted by atomic mass is 9.77. The van der Waals surface area contributed by atoms with Crippen molar-refractivity contribution in [3.05, 3.63) is 18.0 Å². The third-order valence-electron chi connectivity index (χ3n) is 5.85. The van der Waals surface area contributed by atoms with Crippen LogP contribution in [0.3, 0.4) is 0 Å². The van der Waals surface area contributed by atoms with E-state index in [-0.39, 0.29) is 5.54 Å². The minimum atomic E-state index is 0.159. The van der Waals surface area contributed by atoms with Crippen molar-refractivity contribution in [2.75, 3.05) is 11.9 Å². The fraction of sp³-hybridized carbons (Fsp3) is 0.722. The molecule has 2 heterocycles. The van der Waals surface area contributed by atoms with E-state index in [4.69, 9.17) is 0 Å². The minimum Gasteiger partial charge on any atom is -0.351 e. The van der Waals surface area contributed by atoms with Gasteiger partial charge in [-0.25, -0.2) is 9.97 Å². The molecule has 3 aliphatic rings. The number of hydrogen-bond acceptors (Lipinski definition) is 4. The van der Waals surface area contributed by atoms with Gasteiger partial charge in [-0.15, -0.1) is 0 Å². The summed E-state index contributed by atoms with van der Waals surface area (Å²) in [5, 5.41) is 3.47. The first-order valence-electron chi connectivity index (χ1n) is 9.00. The van der Waals surface area contributed by atoms with E-state index >= 15 is 0 Å². The van der Waals surface area contributed by atoms with Gasteiger partial charge in [-0.1, -0.05) is 0 Å². The molecule has 2 saturated carbocycles. The molecule has 1 aliphatic heterocycles. The van der Waals surface area contributed by atoms with Gasteiger partial charge >= 0.3 is 0 Å². The van der Waals surface area contributed by atoms with Gasteiger partial charge < -0.3 is 10.2 Å². The van der Waals surface area contributed by atoms with E-state index in [0.717, 1.165) is 62.5 Å². The van der Waals surface area contributed by atoms with E-state index in [9.17, 15) is 4.79 Å². The van der Waals surface area contributed by atoms with Gasteiger partial charge in [-0.2, -0.15) is 0 Å². The summed E-state index contributed by atoms with van der Waals surface area (Å²) in [6.45, 7) is 3.01. The number of aryl methyl sites for hydroxylation is 1. The number of anilines is 1. The zero-order valence-electron chi connectivity index (χ0n) is 13.9. The summed E-state index contributed by atoms with van der Waals surface area (Å²) < 4.78 is 0. The van der Waals surface area contributed by atoms with Crippen LogP contribution < -0.4 is 5.32 Å². The Morgan fingerprint density at radius 1 is 1.17 bits per heavy atom. The van der Waals surface area contributed by atoms with Crippen molar-refractivity contribution < 1.29 is 4.79 Å². The van der Waals surface area contributed by atoms with Crippen LogP contribution in [0.4, 0.5) is 5.95 Å². The maximum atomic E-state index is 12.3. The number of aromatic nitrogens is 2. The van der Waals surface area contributed by atoms with Crippen LogP contribution in [-0.4, -0.2) is 38.9 Å². The quantitative estimate of drug-likeness (QED) is 0.928. The molecule has 5 heteroatoms. The summed E-state index contributed by atoms with van der Waals surface area (Å²) in [6.07, 6.45) is 12.6. The van der Waals surface area contributed by atoms with Gasteiger partial charge in [0.25, 0.3) is 0 Å². The molecule has 1 aromatic heterocycles. The van der Waals surface area contributed by atoms with E-state index in [1.807, 2.05) is 19.3 Å². The summed E-state index contributed by atoms with van der Waals surface area (Å²) in [6, 6.07) is 0.432. The molecular formula is C18H26N4O. The molecule has 1 aromatic rings. The van der Waals surface area contributed by atoms with Gasteiger partial charge in [-0.05, 0) is 63.4 Å². The van der Waals surface area contributed by atoms with Gasteiger partial charge in [0.05, 0.1) is 0 Å². The molecule has 124 valence electrons. The van der Waals surface area contributed by atoms with Crippen molar-refractivity contribution in [3.8, 4) is 0 Å². The van der Waals surface area contributed by atoms with Crippen molar-refractivity contribution in [2.45, 2.75) is 69.9 Å². The average Bonchev–Trinajstić information content (AvgIpc) is 3.33. The van der Waals surface area contributed by atoms with E-state index in [2.05, 4.69) is 20.2 Å². The van der Waals surface area contributed by atoms with Crippen LogP contribution in [-0.2, 0) is 4.79 Å². The Labute approximate surface area is 137 Å². The first-order chi connectivity index (χ1) is 11.1. The number of rotatable bonds is 4. The first kappa shape index (κ1) is 14.9. The van der Waals surface area contributed by atoms with Gasteiger partial charge in [-0.3, -0.25) is 4.79 Å². The molecule has 1 saturated heterocycles. The molecular weight excluding hydrogens is 288 g/mol. The molecule has 0 bridgehead atoms. The Bertz CT molecular complexity index is 573. The van der Waals surface area contributed by atoms with E-state index in [1.54, 1.807) is 0 Å². The highest BCUT2D eigenvalue weighted by Crippen LogP contribution is 2.45. The smallest absolute Gasteiger partial charge is 0.223 e. The Morgan fingerprint density at radius 3 is 2.52 bits per heavy atom. The Morgan fingerprint density at radius 2 is 1.87 bits per heavy atom. The van der Waals surface area contributed by atoms with Gasteiger partial charge in [0.1, 0.15) is 0 Å². The Kier molecular flexibility index (Phi) is 3.74. The predicted molar refractivity (Wildman–Crippen MR) is 89.0 cm³/mol. The van der Waals surface area contributed by atoms with Crippen molar-refractivity contribution in [1.82, 2.24) is 14.9 Å². The summed E-state index contributed by atoms with van der Waals surface area (Å²) in [5.41, 5.74) is 1.24. The van der Waals surface area contributed by atoms with Crippen LogP contribution in [0.15, 0.2) is 12.4 Å². The molecule has 2 aliphatic carbocycles. The van der Waals surface area contributed by atoms with Crippen molar-refractivity contribution in [2.24, 2.45) is 5.92 Å². The number of likely N-dealkylation sites (tertiary alicyclic amines) is 1. The van der Waals surface area contributed by atoms with Gasteiger partial charge in [0.2, 0.25) is 11.9 Å². The highest BCUT2D eigenvalue weighted by molar-refractivity contribution is 5.79. The average molecular weight is 314 g/mol. The van der Waals surface area contributed by atoms with Crippen LogP contribution in [0.1, 0.15) is 56.9 Å². The molecule has 3 fully saturated rings. The van der Waals surface area contributed by atoms with Crippen molar-refractivity contribution in [1.29, 1.82) is 0 Å². The van der Waals surface area contributed by atoms with Crippen LogP contribution in [0, 0.1) is 12.8 Å². The molecule has 5 nitrogen and oxygen atoms in total. The molecule has 1 spiro atoms. The zero-order chi connectivity index (χ0) is 15.9. The second-order valence-electron chi connectivity index (χ2n) is 7.67. The topological polar surface area (TPSA) is 58.1 Å². The molecule has 23 heavy (non-hydrogen) atoms. The first-order valence-corrected chi connectivity index (χ1v) is 9.00. The molecule has 0 unspecified atom stereocenters. The minimum absolute atomic E-state index is 0.159. The maximum Gasteiger partial charge on any atom is 0.223 e. The second-order valence-corrected chi connectivity index (χ2v) is 7.67. The van der Waals surface area contributed by atoms with Gasteiger partial charge in [0, 0.05) is 36.9 Å². The van der Waals surface area contributed by atoms with E-state index in [1.165, 1.54) is 12.8 Å². The lowest BCUT2D eigenvalue weighted by molar-refractivity contribution is -0.132. The Balaban J connectivity index is 1.37. The summed E-state index contributed by atoms with van der Waals surface area (Å²) in [4.78, 5) is 23.3. The largest absolute Gasteiger partial charge is 0.351 e. The number of carbonyl (C=O) groups excluding carboxylic acids is 1. The fourth-order valence-corrected chi connectivity index (χ4v) is 4.20. The number of amides is 1. The highest BCUT2D eigenvalue weighted by atomic mass is 16.2. The second kappa shape index (κ2) is 5.77. The Hall–Kier alpha value is -1.65. The standard InChI is InChI=1S/C18H26N4O/c1-13-10-19-17(20-11-13)21-15-4-7-18(8-5-15)9-6-16(23)22(18)12-14-2-3-14/h10-11,14-15H,2-9,12H2,1H3,(H,19,20,21). The zero-order valence-corrected chi connectivity index (χ0v) is 13.9. The van der Waals surface area contributed by atoms with Crippen LogP contribution >= 0.6 is 0 Å². The monoisotopic (exact) mass is 314 g/mol. The molecule has 1 N–H and O–H groups in total. The summed E-state index contributed by atoms with van der Waals surface area (Å²) in [7, 11) is 0. The van der Waals surface area contributed by atoms with E-state index in [0.29, 0.717) is 11.9 Å². The van der Waals surface area contributed by atoms with Crippen LogP contribution in [0.2, 0.25) is 0 Å². The summed E-state index contributed by atoms with van der Waals surface area (Å²) in [5.74, 6) is 1.91. The summed E-state index contributed by atoms with van der Waals surface area (Å²) >= 11 is 0. The van der Waals surface area contributed by atoms with E-state index < -0.39 is 0 Å². The third kappa shape index (κ3) is 3.06. The fourth-order valence-electron chi connectivity index (χ4n) is 4.20. The third-order valence-corrected chi connectivity index (χ3v) is 5.85. The molecule has 0 aromatic carbocycles. The van der Waals surface area contributed by atoms with Gasteiger partial charge in [0.15, 0.2) is 0 Å². The number of carbonyl (C=O) groups is 1. The predicted octanol–water partition coefficient (Wildman–Crippen LogP) is 2.91. The lowest BCUT2D eigenvalue weighted by Gasteiger charge is -2.44.